The van der Waals surface area contributed by atoms with Gasteiger partial charge in [-0.2, -0.15) is 11.3 Å². The van der Waals surface area contributed by atoms with Crippen molar-refractivity contribution in [1.29, 1.82) is 0 Å². The summed E-state index contributed by atoms with van der Waals surface area (Å²) in [7, 11) is 0.578. The second kappa shape index (κ2) is 10.3. The third kappa shape index (κ3) is 7.68. The van der Waals surface area contributed by atoms with Gasteiger partial charge in [0.2, 0.25) is 0 Å². The topological polar surface area (TPSA) is 38.8 Å². The number of para-hydroxylation sites is 1. The number of nitrogens with zero attached hydrogens (tertiary/aromatic N) is 1. The third-order valence-electron chi connectivity index (χ3n) is 4.14. The molecule has 2 aromatic rings. The molecule has 0 unspecified atom stereocenters. The van der Waals surface area contributed by atoms with Crippen LogP contribution in [-0.4, -0.2) is 39.3 Å². The number of rotatable bonds is 9. The van der Waals surface area contributed by atoms with Crippen LogP contribution in [0.3, 0.4) is 0 Å². The molecule has 0 aliphatic heterocycles. The van der Waals surface area contributed by atoms with Gasteiger partial charge in [0.25, 0.3) is 0 Å². The van der Waals surface area contributed by atoms with Crippen molar-refractivity contribution in [3.8, 4) is 5.75 Å². The highest BCUT2D eigenvalue weighted by molar-refractivity contribution is 9.10. The number of ether oxygens (including phenoxy) is 2. The van der Waals surface area contributed by atoms with E-state index in [-0.39, 0.29) is 12.2 Å². The molecule has 1 aromatic heterocycles. The fourth-order valence-corrected chi connectivity index (χ4v) is 4.20. The highest BCUT2D eigenvalue weighted by atomic mass is 79.9. The van der Waals surface area contributed by atoms with Crippen LogP contribution in [0, 0.1) is 0 Å². The van der Waals surface area contributed by atoms with E-state index < -0.39 is 8.07 Å². The molecule has 27 heavy (non-hydrogen) atoms. The molecular formula is C20H28BrNO3SSi. The smallest absolute Gasteiger partial charge is 0.409 e. The number of carbonyl (C=O) groups is 1. The number of thiophene rings is 1. The van der Waals surface area contributed by atoms with Crippen LogP contribution < -0.4 is 4.74 Å². The molecule has 0 radical (unpaired) electrons. The van der Waals surface area contributed by atoms with Gasteiger partial charge in [0.1, 0.15) is 11.9 Å². The first-order valence-electron chi connectivity index (χ1n) is 9.07. The molecule has 0 aliphatic carbocycles. The normalized spacial score (nSPS) is 12.5. The van der Waals surface area contributed by atoms with Gasteiger partial charge in [-0.05, 0) is 50.9 Å². The molecule has 0 saturated carbocycles. The number of benzene rings is 1. The van der Waals surface area contributed by atoms with Crippen molar-refractivity contribution in [3.63, 3.8) is 0 Å². The van der Waals surface area contributed by atoms with Gasteiger partial charge in [0.15, 0.2) is 0 Å². The van der Waals surface area contributed by atoms with Gasteiger partial charge in [-0.25, -0.2) is 4.79 Å². The van der Waals surface area contributed by atoms with Crippen molar-refractivity contribution >= 4 is 41.4 Å². The molecule has 1 atom stereocenters. The van der Waals surface area contributed by atoms with Crippen molar-refractivity contribution in [2.45, 2.75) is 38.2 Å². The van der Waals surface area contributed by atoms with Gasteiger partial charge < -0.3 is 14.4 Å². The lowest BCUT2D eigenvalue weighted by molar-refractivity contribution is 0.108. The van der Waals surface area contributed by atoms with Crippen LogP contribution in [0.25, 0.3) is 0 Å². The second-order valence-corrected chi connectivity index (χ2v) is 15.0. The summed E-state index contributed by atoms with van der Waals surface area (Å²) in [5.74, 6) is 0.800. The Balaban J connectivity index is 1.92. The van der Waals surface area contributed by atoms with Crippen molar-refractivity contribution in [3.05, 3.63) is 51.1 Å². The average molecular weight is 471 g/mol. The van der Waals surface area contributed by atoms with Gasteiger partial charge in [-0.15, -0.1) is 0 Å². The molecular weight excluding hydrogens is 442 g/mol. The Labute approximate surface area is 175 Å². The zero-order valence-corrected chi connectivity index (χ0v) is 19.8. The predicted molar refractivity (Wildman–Crippen MR) is 119 cm³/mol. The summed E-state index contributed by atoms with van der Waals surface area (Å²) < 4.78 is 12.6. The Bertz CT molecular complexity index is 718. The van der Waals surface area contributed by atoms with E-state index in [1.807, 2.05) is 29.6 Å². The molecule has 2 rings (SSSR count). The number of hydrogen-bond donors (Lipinski definition) is 0. The fraction of sp³-hybridized carbons (Fsp3) is 0.450. The van der Waals surface area contributed by atoms with Gasteiger partial charge in [0.05, 0.1) is 11.1 Å². The minimum Gasteiger partial charge on any atom is -0.484 e. The highest BCUT2D eigenvalue weighted by Crippen LogP contribution is 2.31. The Morgan fingerprint density at radius 1 is 1.26 bits per heavy atom. The minimum atomic E-state index is -1.20. The Hall–Kier alpha value is -1.31. The summed E-state index contributed by atoms with van der Waals surface area (Å²) in [6.07, 6.45) is 0.308. The van der Waals surface area contributed by atoms with Gasteiger partial charge >= 0.3 is 6.09 Å². The number of halogens is 1. The van der Waals surface area contributed by atoms with E-state index in [0.717, 1.165) is 21.8 Å². The van der Waals surface area contributed by atoms with Crippen LogP contribution in [0.15, 0.2) is 45.6 Å². The molecule has 0 spiro atoms. The second-order valence-electron chi connectivity index (χ2n) is 7.73. The van der Waals surface area contributed by atoms with Crippen LogP contribution in [0.2, 0.25) is 25.7 Å². The van der Waals surface area contributed by atoms with E-state index in [9.17, 15) is 4.79 Å². The van der Waals surface area contributed by atoms with E-state index in [1.165, 1.54) is 0 Å². The summed E-state index contributed by atoms with van der Waals surface area (Å²) in [4.78, 5) is 13.8. The van der Waals surface area contributed by atoms with Crippen LogP contribution >= 0.6 is 27.3 Å². The van der Waals surface area contributed by atoms with Crippen molar-refractivity contribution in [2.24, 2.45) is 0 Å². The third-order valence-corrected chi connectivity index (χ3v) is 7.20. The van der Waals surface area contributed by atoms with Crippen LogP contribution in [-0.2, 0) is 4.74 Å². The van der Waals surface area contributed by atoms with Crippen LogP contribution in [0.1, 0.15) is 18.1 Å². The Morgan fingerprint density at radius 2 is 2.00 bits per heavy atom. The lowest BCUT2D eigenvalue weighted by Gasteiger charge is -2.23. The van der Waals surface area contributed by atoms with E-state index in [1.54, 1.807) is 23.3 Å². The molecule has 0 fully saturated rings. The van der Waals surface area contributed by atoms with Crippen molar-refractivity contribution < 1.29 is 14.3 Å². The van der Waals surface area contributed by atoms with E-state index in [4.69, 9.17) is 9.47 Å². The number of amides is 1. The van der Waals surface area contributed by atoms with Crippen molar-refractivity contribution in [2.75, 3.05) is 20.2 Å². The molecule has 4 nitrogen and oxygen atoms in total. The first kappa shape index (κ1) is 22.0. The van der Waals surface area contributed by atoms with Gasteiger partial charge in [0, 0.05) is 33.7 Å². The van der Waals surface area contributed by atoms with E-state index >= 15 is 0 Å². The molecule has 148 valence electrons. The largest absolute Gasteiger partial charge is 0.484 e. The number of hydrogen-bond acceptors (Lipinski definition) is 4. The lowest BCUT2D eigenvalue weighted by Crippen LogP contribution is -2.31. The zero-order valence-electron chi connectivity index (χ0n) is 16.4. The maximum absolute atomic E-state index is 12.2. The van der Waals surface area contributed by atoms with Gasteiger partial charge in [-0.1, -0.05) is 31.8 Å². The summed E-state index contributed by atoms with van der Waals surface area (Å²) in [6.45, 7) is 7.89. The number of carbonyl (C=O) groups excluding carboxylic acids is 1. The summed E-state index contributed by atoms with van der Waals surface area (Å²) in [6, 6.07) is 10.9. The zero-order chi connectivity index (χ0) is 19.9. The molecule has 0 bridgehead atoms. The monoisotopic (exact) mass is 469 g/mol. The summed E-state index contributed by atoms with van der Waals surface area (Å²) in [5.41, 5.74) is 1.12. The molecule has 0 saturated heterocycles. The lowest BCUT2D eigenvalue weighted by atomic mass is 10.1. The first-order valence-corrected chi connectivity index (χ1v) is 14.5. The first-order chi connectivity index (χ1) is 12.8. The quantitative estimate of drug-likeness (QED) is 0.397. The summed E-state index contributed by atoms with van der Waals surface area (Å²) >= 11 is 5.18. The maximum Gasteiger partial charge on any atom is 0.409 e. The van der Waals surface area contributed by atoms with Gasteiger partial charge in [-0.3, -0.25) is 0 Å². The SMILES string of the molecule is CN(CC[C@@H](Oc1ccccc1Br)c1ccsc1)C(=O)OCC[Si](C)(C)C. The van der Waals surface area contributed by atoms with Crippen LogP contribution in [0.4, 0.5) is 4.79 Å². The molecule has 7 heteroatoms. The molecule has 1 amide bonds. The van der Waals surface area contributed by atoms with Crippen molar-refractivity contribution in [1.82, 2.24) is 4.90 Å². The fourth-order valence-electron chi connectivity index (χ4n) is 2.40. The summed E-state index contributed by atoms with van der Waals surface area (Å²) in [5, 5.41) is 4.13. The minimum absolute atomic E-state index is 0.118. The van der Waals surface area contributed by atoms with E-state index in [2.05, 4.69) is 47.0 Å². The standard InChI is InChI=1S/C20H28BrNO3SSi/c1-22(20(23)24-12-14-27(2,3)4)11-9-18(16-10-13-26-15-16)25-19-8-6-5-7-17(19)21/h5-8,10,13,15,18H,9,11-12,14H2,1-4H3/t18-/m1/s1. The predicted octanol–water partition coefficient (Wildman–Crippen LogP) is 6.43. The Morgan fingerprint density at radius 3 is 2.63 bits per heavy atom. The highest BCUT2D eigenvalue weighted by Gasteiger charge is 2.19. The van der Waals surface area contributed by atoms with Crippen LogP contribution in [0.5, 0.6) is 5.75 Å². The maximum atomic E-state index is 12.2. The molecule has 1 heterocycles. The Kier molecular flexibility index (Phi) is 8.38. The molecule has 0 N–H and O–H groups in total. The average Bonchev–Trinajstić information content (AvgIpc) is 3.13. The molecule has 1 aromatic carbocycles. The molecule has 0 aliphatic rings. The van der Waals surface area contributed by atoms with E-state index in [0.29, 0.717) is 19.6 Å².